The normalized spacial score (nSPS) is 12.7. The maximum atomic E-state index is 11.7. The number of hydrogen-bond donors (Lipinski definition) is 3. The van der Waals surface area contributed by atoms with Gasteiger partial charge in [0.1, 0.15) is 5.60 Å². The highest BCUT2D eigenvalue weighted by atomic mass is 35.5. The van der Waals surface area contributed by atoms with Crippen molar-refractivity contribution in [1.82, 2.24) is 0 Å². The minimum Gasteiger partial charge on any atom is -0.479 e. The molecule has 7 heteroatoms. The highest BCUT2D eigenvalue weighted by molar-refractivity contribution is 6.30. The summed E-state index contributed by atoms with van der Waals surface area (Å²) < 4.78 is 5.06. The van der Waals surface area contributed by atoms with Crippen molar-refractivity contribution in [2.75, 3.05) is 5.32 Å². The summed E-state index contributed by atoms with van der Waals surface area (Å²) >= 11 is 5.76. The monoisotopic (exact) mass is 301 g/mol. The fourth-order valence-corrected chi connectivity index (χ4v) is 1.60. The van der Waals surface area contributed by atoms with Gasteiger partial charge in [-0.15, -0.1) is 0 Å². The number of benzene rings is 1. The average molecular weight is 302 g/mol. The quantitative estimate of drug-likeness (QED) is 0.798. The number of amides is 1. The van der Waals surface area contributed by atoms with Gasteiger partial charge in [-0.1, -0.05) is 11.6 Å². The van der Waals surface area contributed by atoms with Crippen molar-refractivity contribution in [3.63, 3.8) is 0 Å². The minimum absolute atomic E-state index is 0.0177. The van der Waals surface area contributed by atoms with Crippen LogP contribution in [0.1, 0.15) is 32.4 Å². The third-order valence-corrected chi connectivity index (χ3v) is 2.41. The lowest BCUT2D eigenvalue weighted by Gasteiger charge is -2.21. The van der Waals surface area contributed by atoms with E-state index in [4.69, 9.17) is 21.4 Å². The Bertz CT molecular complexity index is 524. The SMILES string of the molecule is CC(C)(C)OC(=O)Nc1ccc(Cl)cc1C(O)C(=O)O. The van der Waals surface area contributed by atoms with Gasteiger partial charge in [0.05, 0.1) is 5.69 Å². The molecule has 6 nitrogen and oxygen atoms in total. The molecule has 110 valence electrons. The molecule has 1 unspecified atom stereocenters. The van der Waals surface area contributed by atoms with Crippen LogP contribution in [0.15, 0.2) is 18.2 Å². The molecule has 1 rings (SSSR count). The molecule has 0 bridgehead atoms. The molecule has 0 radical (unpaired) electrons. The van der Waals surface area contributed by atoms with Crippen molar-refractivity contribution in [1.29, 1.82) is 0 Å². The Morgan fingerprint density at radius 2 is 1.95 bits per heavy atom. The Morgan fingerprint density at radius 1 is 1.35 bits per heavy atom. The highest BCUT2D eigenvalue weighted by Gasteiger charge is 2.23. The number of aliphatic hydroxyl groups is 1. The average Bonchev–Trinajstić information content (AvgIpc) is 2.27. The van der Waals surface area contributed by atoms with Gasteiger partial charge >= 0.3 is 12.1 Å². The zero-order valence-electron chi connectivity index (χ0n) is 11.3. The van der Waals surface area contributed by atoms with Crippen molar-refractivity contribution >= 4 is 29.4 Å². The summed E-state index contributed by atoms with van der Waals surface area (Å²) in [6.07, 6.45) is -2.54. The van der Waals surface area contributed by atoms with Crippen LogP contribution in [0.2, 0.25) is 5.02 Å². The summed E-state index contributed by atoms with van der Waals surface area (Å²) in [5.41, 5.74) is -0.586. The molecule has 3 N–H and O–H groups in total. The van der Waals surface area contributed by atoms with E-state index < -0.39 is 23.8 Å². The maximum Gasteiger partial charge on any atom is 0.412 e. The first-order valence-electron chi connectivity index (χ1n) is 5.80. The number of hydrogen-bond acceptors (Lipinski definition) is 4. The number of anilines is 1. The minimum atomic E-state index is -1.79. The third kappa shape index (κ3) is 4.71. The molecule has 20 heavy (non-hydrogen) atoms. The van der Waals surface area contributed by atoms with Crippen LogP contribution in [-0.2, 0) is 9.53 Å². The second kappa shape index (κ2) is 6.11. The van der Waals surface area contributed by atoms with Gasteiger partial charge in [-0.25, -0.2) is 9.59 Å². The van der Waals surface area contributed by atoms with Crippen LogP contribution in [-0.4, -0.2) is 27.9 Å². The topological polar surface area (TPSA) is 95.9 Å². The van der Waals surface area contributed by atoms with Gasteiger partial charge in [0.15, 0.2) is 6.10 Å². The molecule has 0 heterocycles. The summed E-state index contributed by atoms with van der Waals surface area (Å²) in [4.78, 5) is 22.5. The van der Waals surface area contributed by atoms with E-state index in [0.29, 0.717) is 0 Å². The maximum absolute atomic E-state index is 11.7. The summed E-state index contributed by atoms with van der Waals surface area (Å²) in [5, 5.41) is 21.1. The molecule has 0 aliphatic rings. The third-order valence-electron chi connectivity index (χ3n) is 2.18. The van der Waals surface area contributed by atoms with E-state index in [9.17, 15) is 14.7 Å². The molecule has 0 aliphatic carbocycles. The standard InChI is InChI=1S/C13H16ClNO5/c1-13(2,3)20-12(19)15-9-5-4-7(14)6-8(9)10(16)11(17)18/h4-6,10,16H,1-3H3,(H,15,19)(H,17,18). The van der Waals surface area contributed by atoms with Crippen molar-refractivity contribution in [3.8, 4) is 0 Å². The summed E-state index contributed by atoms with van der Waals surface area (Å²) in [6, 6.07) is 4.13. The lowest BCUT2D eigenvalue weighted by atomic mass is 10.1. The zero-order chi connectivity index (χ0) is 15.5. The smallest absolute Gasteiger partial charge is 0.412 e. The second-order valence-electron chi connectivity index (χ2n) is 5.10. The number of aliphatic carboxylic acids is 1. The molecule has 1 atom stereocenters. The molecular formula is C13H16ClNO5. The van der Waals surface area contributed by atoms with Gasteiger partial charge in [-0.05, 0) is 39.0 Å². The van der Waals surface area contributed by atoms with Crippen molar-refractivity contribution in [3.05, 3.63) is 28.8 Å². The Balaban J connectivity index is 3.00. The lowest BCUT2D eigenvalue weighted by Crippen LogP contribution is -2.28. The molecule has 1 aromatic carbocycles. The van der Waals surface area contributed by atoms with Gasteiger partial charge in [0, 0.05) is 10.6 Å². The summed E-state index contributed by atoms with van der Waals surface area (Å²) in [7, 11) is 0. The van der Waals surface area contributed by atoms with Crippen molar-refractivity contribution in [2.24, 2.45) is 0 Å². The van der Waals surface area contributed by atoms with Crippen LogP contribution in [0, 0.1) is 0 Å². The van der Waals surface area contributed by atoms with E-state index in [-0.39, 0.29) is 16.3 Å². The zero-order valence-corrected chi connectivity index (χ0v) is 12.1. The van der Waals surface area contributed by atoms with Crippen LogP contribution in [0.25, 0.3) is 0 Å². The number of halogens is 1. The van der Waals surface area contributed by atoms with E-state index >= 15 is 0 Å². The van der Waals surface area contributed by atoms with Gasteiger partial charge in [0.25, 0.3) is 0 Å². The van der Waals surface area contributed by atoms with Crippen molar-refractivity contribution in [2.45, 2.75) is 32.5 Å². The number of carbonyl (C=O) groups is 2. The summed E-state index contributed by atoms with van der Waals surface area (Å²) in [5.74, 6) is -1.44. The van der Waals surface area contributed by atoms with E-state index in [1.54, 1.807) is 20.8 Å². The summed E-state index contributed by atoms with van der Waals surface area (Å²) in [6.45, 7) is 5.09. The molecule has 0 aliphatic heterocycles. The molecule has 0 aromatic heterocycles. The van der Waals surface area contributed by atoms with E-state index in [1.165, 1.54) is 18.2 Å². The first kappa shape index (κ1) is 16.3. The predicted octanol–water partition coefficient (Wildman–Crippen LogP) is 2.81. The van der Waals surface area contributed by atoms with Crippen molar-refractivity contribution < 1.29 is 24.5 Å². The predicted molar refractivity (Wildman–Crippen MR) is 73.9 cm³/mol. The highest BCUT2D eigenvalue weighted by Crippen LogP contribution is 2.27. The Hall–Kier alpha value is -1.79. The second-order valence-corrected chi connectivity index (χ2v) is 5.54. The van der Waals surface area contributed by atoms with E-state index in [1.807, 2.05) is 0 Å². The molecule has 1 amide bonds. The Labute approximate surface area is 121 Å². The van der Waals surface area contributed by atoms with Gasteiger partial charge in [-0.2, -0.15) is 0 Å². The Kier molecular flexibility index (Phi) is 4.97. The largest absolute Gasteiger partial charge is 0.479 e. The number of rotatable bonds is 3. The molecule has 1 aromatic rings. The van der Waals surface area contributed by atoms with Gasteiger partial charge in [0.2, 0.25) is 0 Å². The van der Waals surface area contributed by atoms with Crippen LogP contribution in [0.4, 0.5) is 10.5 Å². The number of aliphatic hydroxyl groups excluding tert-OH is 1. The van der Waals surface area contributed by atoms with E-state index in [0.717, 1.165) is 0 Å². The first-order valence-corrected chi connectivity index (χ1v) is 6.18. The van der Waals surface area contributed by atoms with Crippen LogP contribution in [0.3, 0.4) is 0 Å². The van der Waals surface area contributed by atoms with E-state index in [2.05, 4.69) is 5.32 Å². The fraction of sp³-hybridized carbons (Fsp3) is 0.385. The lowest BCUT2D eigenvalue weighted by molar-refractivity contribution is -0.146. The van der Waals surface area contributed by atoms with Gasteiger partial charge in [-0.3, -0.25) is 5.32 Å². The fourth-order valence-electron chi connectivity index (χ4n) is 1.42. The molecular weight excluding hydrogens is 286 g/mol. The Morgan fingerprint density at radius 3 is 2.45 bits per heavy atom. The number of carboxylic acid groups (broad SMARTS) is 1. The van der Waals surface area contributed by atoms with Crippen LogP contribution < -0.4 is 5.32 Å². The molecule has 0 saturated heterocycles. The number of carboxylic acids is 1. The van der Waals surface area contributed by atoms with Crippen LogP contribution >= 0.6 is 11.6 Å². The molecule has 0 spiro atoms. The van der Waals surface area contributed by atoms with Gasteiger partial charge < -0.3 is 14.9 Å². The number of ether oxygens (including phenoxy) is 1. The van der Waals surface area contributed by atoms with Crippen LogP contribution in [0.5, 0.6) is 0 Å². The molecule has 0 saturated carbocycles. The first-order chi connectivity index (χ1) is 9.10. The number of carbonyl (C=O) groups excluding carboxylic acids is 1. The number of nitrogens with one attached hydrogen (secondary N) is 1. The molecule has 0 fully saturated rings.